The van der Waals surface area contributed by atoms with E-state index in [0.717, 1.165) is 24.3 Å². The van der Waals surface area contributed by atoms with Crippen LogP contribution in [0.4, 0.5) is 0 Å². The molecule has 5 nitrogen and oxygen atoms in total. The Morgan fingerprint density at radius 3 is 2.94 bits per heavy atom. The summed E-state index contributed by atoms with van der Waals surface area (Å²) in [7, 11) is 1.64. The molecule has 1 N–H and O–H groups in total. The fourth-order valence-corrected chi connectivity index (χ4v) is 1.45. The molecule has 0 bridgehead atoms. The van der Waals surface area contributed by atoms with E-state index in [1.165, 1.54) is 0 Å². The second-order valence-electron chi connectivity index (χ2n) is 3.94. The number of ether oxygens (including phenoxy) is 1. The van der Waals surface area contributed by atoms with Gasteiger partial charge in [-0.25, -0.2) is 0 Å². The van der Waals surface area contributed by atoms with Crippen molar-refractivity contribution >= 4 is 0 Å². The van der Waals surface area contributed by atoms with Gasteiger partial charge in [0, 0.05) is 11.8 Å². The van der Waals surface area contributed by atoms with Crippen LogP contribution in [-0.4, -0.2) is 31.2 Å². The minimum atomic E-state index is -0.541. The van der Waals surface area contributed by atoms with E-state index in [1.54, 1.807) is 14.0 Å². The van der Waals surface area contributed by atoms with Crippen LogP contribution in [0.1, 0.15) is 12.5 Å². The first-order valence-corrected chi connectivity index (χ1v) is 5.60. The molecule has 17 heavy (non-hydrogen) atoms. The monoisotopic (exact) mass is 238 g/mol. The zero-order valence-electron chi connectivity index (χ0n) is 10.2. The summed E-state index contributed by atoms with van der Waals surface area (Å²) in [6.07, 6.45) is 0.835. The van der Waals surface area contributed by atoms with Crippen molar-refractivity contribution in [3.05, 3.63) is 39.9 Å². The molecule has 0 saturated carbocycles. The Hall–Kier alpha value is -1.62. The van der Waals surface area contributed by atoms with Gasteiger partial charge in [0.2, 0.25) is 6.04 Å². The van der Waals surface area contributed by atoms with E-state index >= 15 is 0 Å². The van der Waals surface area contributed by atoms with Gasteiger partial charge in [-0.05, 0) is 30.7 Å². The standard InChI is InChI=1S/C12H18N2O3/c1-10(14(15)16)9-13-7-6-11-4-3-5-12(8-11)17-2/h3-5,8,10,13H,6-7,9H2,1-2H3. The molecule has 0 heterocycles. The van der Waals surface area contributed by atoms with E-state index in [2.05, 4.69) is 5.32 Å². The summed E-state index contributed by atoms with van der Waals surface area (Å²) in [6.45, 7) is 2.72. The van der Waals surface area contributed by atoms with Crippen molar-refractivity contribution < 1.29 is 9.66 Å². The third-order valence-corrected chi connectivity index (χ3v) is 2.52. The predicted molar refractivity (Wildman–Crippen MR) is 66.0 cm³/mol. The second kappa shape index (κ2) is 6.85. The van der Waals surface area contributed by atoms with E-state index in [-0.39, 0.29) is 4.92 Å². The average molecular weight is 238 g/mol. The Kier molecular flexibility index (Phi) is 5.42. The van der Waals surface area contributed by atoms with Gasteiger partial charge in [-0.15, -0.1) is 0 Å². The fourth-order valence-electron chi connectivity index (χ4n) is 1.45. The summed E-state index contributed by atoms with van der Waals surface area (Å²) in [5.74, 6) is 0.834. The van der Waals surface area contributed by atoms with Gasteiger partial charge in [0.15, 0.2) is 0 Å². The summed E-state index contributed by atoms with van der Waals surface area (Å²) < 4.78 is 5.12. The lowest BCUT2D eigenvalue weighted by Gasteiger charge is -2.07. The van der Waals surface area contributed by atoms with Crippen LogP contribution in [0.15, 0.2) is 24.3 Å². The number of rotatable bonds is 7. The Labute approximate surface area is 101 Å². The van der Waals surface area contributed by atoms with Crippen LogP contribution in [-0.2, 0) is 6.42 Å². The molecule has 0 aliphatic carbocycles. The maximum absolute atomic E-state index is 10.4. The smallest absolute Gasteiger partial charge is 0.222 e. The second-order valence-corrected chi connectivity index (χ2v) is 3.94. The molecule has 94 valence electrons. The molecular formula is C12H18N2O3. The predicted octanol–water partition coefficient (Wildman–Crippen LogP) is 1.49. The highest BCUT2D eigenvalue weighted by molar-refractivity contribution is 5.28. The van der Waals surface area contributed by atoms with Crippen LogP contribution < -0.4 is 10.1 Å². The Morgan fingerprint density at radius 2 is 2.29 bits per heavy atom. The van der Waals surface area contributed by atoms with Crippen LogP contribution in [0.3, 0.4) is 0 Å². The van der Waals surface area contributed by atoms with E-state index in [9.17, 15) is 10.1 Å². The van der Waals surface area contributed by atoms with Crippen molar-refractivity contribution in [2.24, 2.45) is 0 Å². The molecule has 1 aromatic carbocycles. The first kappa shape index (κ1) is 13.4. The zero-order chi connectivity index (χ0) is 12.7. The molecule has 0 aliphatic heterocycles. The number of hydrogen-bond donors (Lipinski definition) is 1. The van der Waals surface area contributed by atoms with Gasteiger partial charge in [0.05, 0.1) is 13.7 Å². The lowest BCUT2D eigenvalue weighted by atomic mass is 10.1. The summed E-state index contributed by atoms with van der Waals surface area (Å²) in [6, 6.07) is 7.28. The van der Waals surface area contributed by atoms with Crippen LogP contribution >= 0.6 is 0 Å². The quantitative estimate of drug-likeness (QED) is 0.444. The number of nitrogens with zero attached hydrogens (tertiary/aromatic N) is 1. The van der Waals surface area contributed by atoms with Crippen molar-refractivity contribution in [2.75, 3.05) is 20.2 Å². The highest BCUT2D eigenvalue weighted by atomic mass is 16.6. The third kappa shape index (κ3) is 4.82. The minimum absolute atomic E-state index is 0.279. The van der Waals surface area contributed by atoms with Crippen LogP contribution in [0.5, 0.6) is 5.75 Å². The Bertz CT molecular complexity index is 369. The molecule has 0 amide bonds. The SMILES string of the molecule is COc1cccc(CCNCC(C)[N+](=O)[O-])c1. The highest BCUT2D eigenvalue weighted by Crippen LogP contribution is 2.12. The number of nitro groups is 1. The van der Waals surface area contributed by atoms with Crippen LogP contribution in [0.2, 0.25) is 0 Å². The fraction of sp³-hybridized carbons (Fsp3) is 0.500. The van der Waals surface area contributed by atoms with Gasteiger partial charge in [-0.2, -0.15) is 0 Å². The molecule has 1 unspecified atom stereocenters. The first-order valence-electron chi connectivity index (χ1n) is 5.60. The topological polar surface area (TPSA) is 64.4 Å². The molecule has 0 aromatic heterocycles. The Balaban J connectivity index is 2.28. The molecule has 0 saturated heterocycles. The van der Waals surface area contributed by atoms with Gasteiger partial charge in [-0.1, -0.05) is 12.1 Å². The molecule has 1 atom stereocenters. The minimum Gasteiger partial charge on any atom is -0.497 e. The first-order chi connectivity index (χ1) is 8.13. The average Bonchev–Trinajstić information content (AvgIpc) is 2.34. The molecule has 0 spiro atoms. The normalized spacial score (nSPS) is 12.1. The van der Waals surface area contributed by atoms with E-state index in [1.807, 2.05) is 24.3 Å². The van der Waals surface area contributed by atoms with E-state index in [4.69, 9.17) is 4.74 Å². The van der Waals surface area contributed by atoms with Crippen LogP contribution in [0.25, 0.3) is 0 Å². The molecular weight excluding hydrogens is 220 g/mol. The molecule has 0 aliphatic rings. The molecule has 0 radical (unpaired) electrons. The maximum atomic E-state index is 10.4. The molecule has 5 heteroatoms. The summed E-state index contributed by atoms with van der Waals surface area (Å²) in [5.41, 5.74) is 1.16. The van der Waals surface area contributed by atoms with Gasteiger partial charge < -0.3 is 10.1 Å². The highest BCUT2D eigenvalue weighted by Gasteiger charge is 2.10. The van der Waals surface area contributed by atoms with E-state index in [0.29, 0.717) is 6.54 Å². The van der Waals surface area contributed by atoms with Crippen molar-refractivity contribution in [3.63, 3.8) is 0 Å². The van der Waals surface area contributed by atoms with Crippen molar-refractivity contribution in [1.29, 1.82) is 0 Å². The van der Waals surface area contributed by atoms with Crippen molar-refractivity contribution in [1.82, 2.24) is 5.32 Å². The lowest BCUT2D eigenvalue weighted by molar-refractivity contribution is -0.515. The summed E-state index contributed by atoms with van der Waals surface area (Å²) in [5, 5.41) is 13.5. The molecule has 0 fully saturated rings. The number of nitrogens with one attached hydrogen (secondary N) is 1. The van der Waals surface area contributed by atoms with Gasteiger partial charge in [-0.3, -0.25) is 10.1 Å². The lowest BCUT2D eigenvalue weighted by Crippen LogP contribution is -2.31. The van der Waals surface area contributed by atoms with Crippen molar-refractivity contribution in [3.8, 4) is 5.75 Å². The molecule has 1 rings (SSSR count). The van der Waals surface area contributed by atoms with E-state index < -0.39 is 6.04 Å². The van der Waals surface area contributed by atoms with Crippen molar-refractivity contribution in [2.45, 2.75) is 19.4 Å². The zero-order valence-corrected chi connectivity index (χ0v) is 10.2. The van der Waals surface area contributed by atoms with Crippen LogP contribution in [0, 0.1) is 10.1 Å². The molecule has 1 aromatic rings. The third-order valence-electron chi connectivity index (χ3n) is 2.52. The summed E-state index contributed by atoms with van der Waals surface area (Å²) >= 11 is 0. The summed E-state index contributed by atoms with van der Waals surface area (Å²) in [4.78, 5) is 10.1. The maximum Gasteiger partial charge on any atom is 0.222 e. The van der Waals surface area contributed by atoms with Gasteiger partial charge in [0.25, 0.3) is 0 Å². The Morgan fingerprint density at radius 1 is 1.53 bits per heavy atom. The number of methoxy groups -OCH3 is 1. The number of hydrogen-bond acceptors (Lipinski definition) is 4. The number of benzene rings is 1. The van der Waals surface area contributed by atoms with Gasteiger partial charge >= 0.3 is 0 Å². The largest absolute Gasteiger partial charge is 0.497 e. The van der Waals surface area contributed by atoms with Gasteiger partial charge in [0.1, 0.15) is 5.75 Å².